The van der Waals surface area contributed by atoms with E-state index in [-0.39, 0.29) is 18.8 Å². The number of nitrogens with zero attached hydrogens (tertiary/aromatic N) is 1. The van der Waals surface area contributed by atoms with Crippen molar-refractivity contribution < 1.29 is 9.84 Å². The van der Waals surface area contributed by atoms with Crippen LogP contribution in [0.2, 0.25) is 0 Å². The molecule has 0 aliphatic carbocycles. The van der Waals surface area contributed by atoms with Crippen LogP contribution in [0.1, 0.15) is 18.5 Å². The Bertz CT molecular complexity index is 331. The van der Waals surface area contributed by atoms with Gasteiger partial charge in [-0.3, -0.25) is 4.90 Å². The number of morpholine rings is 1. The quantitative estimate of drug-likeness (QED) is 0.838. The van der Waals surface area contributed by atoms with Crippen LogP contribution in [0, 0.1) is 0 Å². The summed E-state index contributed by atoms with van der Waals surface area (Å²) in [5.74, 6) is 0. The Morgan fingerprint density at radius 2 is 2.53 bits per heavy atom. The molecule has 2 rings (SSSR count). The molecular weight excluding hydrogens is 236 g/mol. The zero-order valence-corrected chi connectivity index (χ0v) is 10.9. The van der Waals surface area contributed by atoms with E-state index in [0.29, 0.717) is 19.2 Å². The number of hydrogen-bond acceptors (Lipinski definition) is 5. The van der Waals surface area contributed by atoms with Crippen molar-refractivity contribution in [3.63, 3.8) is 0 Å². The summed E-state index contributed by atoms with van der Waals surface area (Å²) in [6.07, 6.45) is -0.0844. The van der Waals surface area contributed by atoms with Crippen LogP contribution in [0.4, 0.5) is 0 Å². The SMILES string of the molecule is CC1COC(CO)CN1C(CN)c1ccsc1. The minimum Gasteiger partial charge on any atom is -0.394 e. The van der Waals surface area contributed by atoms with Crippen molar-refractivity contribution in [3.05, 3.63) is 22.4 Å². The molecule has 0 amide bonds. The van der Waals surface area contributed by atoms with Crippen LogP contribution in [0.3, 0.4) is 0 Å². The van der Waals surface area contributed by atoms with E-state index in [1.54, 1.807) is 11.3 Å². The maximum absolute atomic E-state index is 9.20. The molecule has 5 heteroatoms. The lowest BCUT2D eigenvalue weighted by Gasteiger charge is -2.41. The van der Waals surface area contributed by atoms with Crippen molar-refractivity contribution in [2.75, 3.05) is 26.3 Å². The largest absolute Gasteiger partial charge is 0.394 e. The first-order valence-corrected chi connectivity index (χ1v) is 6.91. The van der Waals surface area contributed by atoms with Crippen LogP contribution in [-0.4, -0.2) is 48.5 Å². The van der Waals surface area contributed by atoms with E-state index in [2.05, 4.69) is 28.7 Å². The number of rotatable bonds is 4. The molecule has 1 saturated heterocycles. The molecule has 3 N–H and O–H groups in total. The molecule has 1 fully saturated rings. The third-order valence-electron chi connectivity index (χ3n) is 3.31. The molecule has 1 aromatic heterocycles. The third kappa shape index (κ3) is 2.86. The Labute approximate surface area is 106 Å². The van der Waals surface area contributed by atoms with Crippen molar-refractivity contribution >= 4 is 11.3 Å². The zero-order valence-electron chi connectivity index (χ0n) is 10.1. The van der Waals surface area contributed by atoms with Gasteiger partial charge in [0, 0.05) is 25.2 Å². The fourth-order valence-electron chi connectivity index (χ4n) is 2.31. The van der Waals surface area contributed by atoms with Crippen LogP contribution in [-0.2, 0) is 4.74 Å². The van der Waals surface area contributed by atoms with Gasteiger partial charge in [-0.2, -0.15) is 11.3 Å². The molecule has 1 aliphatic rings. The summed E-state index contributed by atoms with van der Waals surface area (Å²) in [4.78, 5) is 2.34. The molecule has 1 aliphatic heterocycles. The summed E-state index contributed by atoms with van der Waals surface area (Å²) in [5, 5.41) is 13.4. The summed E-state index contributed by atoms with van der Waals surface area (Å²) in [6.45, 7) is 4.22. The molecule has 3 unspecified atom stereocenters. The van der Waals surface area contributed by atoms with Crippen LogP contribution in [0.5, 0.6) is 0 Å². The Kier molecular flexibility index (Phi) is 4.53. The van der Waals surface area contributed by atoms with Crippen molar-refractivity contribution in [3.8, 4) is 0 Å². The molecule has 0 saturated carbocycles. The maximum Gasteiger partial charge on any atom is 0.0933 e. The lowest BCUT2D eigenvalue weighted by atomic mass is 10.0. The van der Waals surface area contributed by atoms with Gasteiger partial charge in [-0.1, -0.05) is 0 Å². The highest BCUT2D eigenvalue weighted by Crippen LogP contribution is 2.26. The summed E-state index contributed by atoms with van der Waals surface area (Å²) in [7, 11) is 0. The molecule has 0 spiro atoms. The van der Waals surface area contributed by atoms with E-state index in [1.807, 2.05) is 0 Å². The average molecular weight is 256 g/mol. The fourth-order valence-corrected chi connectivity index (χ4v) is 3.02. The molecule has 17 heavy (non-hydrogen) atoms. The number of hydrogen-bond donors (Lipinski definition) is 2. The minimum atomic E-state index is -0.0844. The standard InChI is InChI=1S/C12H20N2O2S/c1-9-7-16-11(6-15)5-14(9)12(4-13)10-2-3-17-8-10/h2-3,8-9,11-12,15H,4-7,13H2,1H3. The molecular formula is C12H20N2O2S. The van der Waals surface area contributed by atoms with Gasteiger partial charge in [0.15, 0.2) is 0 Å². The molecule has 0 aromatic carbocycles. The molecule has 1 aromatic rings. The predicted molar refractivity (Wildman–Crippen MR) is 69.1 cm³/mol. The molecule has 2 heterocycles. The first-order chi connectivity index (χ1) is 8.26. The molecule has 3 atom stereocenters. The van der Waals surface area contributed by atoms with Gasteiger partial charge in [0.25, 0.3) is 0 Å². The van der Waals surface area contributed by atoms with Gasteiger partial charge in [0.05, 0.1) is 19.3 Å². The first-order valence-electron chi connectivity index (χ1n) is 5.96. The smallest absolute Gasteiger partial charge is 0.0933 e. The highest BCUT2D eigenvalue weighted by molar-refractivity contribution is 7.07. The summed E-state index contributed by atoms with van der Waals surface area (Å²) in [6, 6.07) is 2.69. The Morgan fingerprint density at radius 1 is 1.71 bits per heavy atom. The summed E-state index contributed by atoms with van der Waals surface area (Å²) < 4.78 is 5.55. The average Bonchev–Trinajstić information content (AvgIpc) is 2.86. The van der Waals surface area contributed by atoms with Crippen LogP contribution in [0.15, 0.2) is 16.8 Å². The number of thiophene rings is 1. The van der Waals surface area contributed by atoms with Crippen LogP contribution >= 0.6 is 11.3 Å². The zero-order chi connectivity index (χ0) is 12.3. The van der Waals surface area contributed by atoms with Gasteiger partial charge in [0.1, 0.15) is 0 Å². The second kappa shape index (κ2) is 5.93. The number of ether oxygens (including phenoxy) is 1. The summed E-state index contributed by atoms with van der Waals surface area (Å²) in [5.41, 5.74) is 7.17. The van der Waals surface area contributed by atoms with Crippen molar-refractivity contribution in [2.24, 2.45) is 5.73 Å². The predicted octanol–water partition coefficient (Wildman–Crippen LogP) is 0.830. The van der Waals surface area contributed by atoms with Gasteiger partial charge in [-0.05, 0) is 29.3 Å². The van der Waals surface area contributed by atoms with E-state index < -0.39 is 0 Å². The van der Waals surface area contributed by atoms with Gasteiger partial charge in [0.2, 0.25) is 0 Å². The Morgan fingerprint density at radius 3 is 3.12 bits per heavy atom. The second-order valence-electron chi connectivity index (χ2n) is 4.49. The van der Waals surface area contributed by atoms with Gasteiger partial charge in [-0.15, -0.1) is 0 Å². The molecule has 0 bridgehead atoms. The lowest BCUT2D eigenvalue weighted by molar-refractivity contribution is -0.0906. The van der Waals surface area contributed by atoms with E-state index in [9.17, 15) is 5.11 Å². The Balaban J connectivity index is 2.12. The number of aliphatic hydroxyl groups excluding tert-OH is 1. The lowest BCUT2D eigenvalue weighted by Crippen LogP contribution is -2.52. The summed E-state index contributed by atoms with van der Waals surface area (Å²) >= 11 is 1.69. The molecule has 96 valence electrons. The fraction of sp³-hybridized carbons (Fsp3) is 0.667. The second-order valence-corrected chi connectivity index (χ2v) is 5.27. The highest BCUT2D eigenvalue weighted by Gasteiger charge is 2.31. The van der Waals surface area contributed by atoms with Gasteiger partial charge < -0.3 is 15.6 Å². The highest BCUT2D eigenvalue weighted by atomic mass is 32.1. The van der Waals surface area contributed by atoms with Crippen LogP contribution < -0.4 is 5.73 Å². The first kappa shape index (κ1) is 13.0. The Hall–Kier alpha value is -0.460. The maximum atomic E-state index is 9.20. The van der Waals surface area contributed by atoms with Crippen molar-refractivity contribution in [2.45, 2.75) is 25.1 Å². The monoisotopic (exact) mass is 256 g/mol. The van der Waals surface area contributed by atoms with Crippen molar-refractivity contribution in [1.82, 2.24) is 4.90 Å². The normalized spacial score (nSPS) is 28.2. The number of aliphatic hydroxyl groups is 1. The number of nitrogens with two attached hydrogens (primary N) is 1. The minimum absolute atomic E-state index is 0.0736. The molecule has 4 nitrogen and oxygen atoms in total. The topological polar surface area (TPSA) is 58.7 Å². The van der Waals surface area contributed by atoms with E-state index in [1.165, 1.54) is 5.56 Å². The van der Waals surface area contributed by atoms with E-state index in [4.69, 9.17) is 10.5 Å². The molecule has 0 radical (unpaired) electrons. The van der Waals surface area contributed by atoms with E-state index >= 15 is 0 Å². The third-order valence-corrected chi connectivity index (χ3v) is 4.01. The van der Waals surface area contributed by atoms with Crippen molar-refractivity contribution in [1.29, 1.82) is 0 Å². The van der Waals surface area contributed by atoms with Gasteiger partial charge in [-0.25, -0.2) is 0 Å². The van der Waals surface area contributed by atoms with E-state index in [0.717, 1.165) is 6.54 Å². The van der Waals surface area contributed by atoms with Gasteiger partial charge >= 0.3 is 0 Å². The van der Waals surface area contributed by atoms with Crippen LogP contribution in [0.25, 0.3) is 0 Å².